The molecule has 2 aliphatic heterocycles. The van der Waals surface area contributed by atoms with E-state index >= 15 is 0 Å². The molecule has 1 aliphatic carbocycles. The van der Waals surface area contributed by atoms with E-state index in [1.807, 2.05) is 14.1 Å². The van der Waals surface area contributed by atoms with Crippen LogP contribution in [0.3, 0.4) is 0 Å². The van der Waals surface area contributed by atoms with Gasteiger partial charge in [-0.05, 0) is 51.1 Å². The number of ether oxygens (including phenoxy) is 1. The Morgan fingerprint density at radius 1 is 1.32 bits per heavy atom. The molecule has 0 amide bonds. The van der Waals surface area contributed by atoms with Crippen LogP contribution >= 0.6 is 0 Å². The molecule has 164 valence electrons. The summed E-state index contributed by atoms with van der Waals surface area (Å²) in [4.78, 5) is 32.5. The van der Waals surface area contributed by atoms with Gasteiger partial charge in [-0.3, -0.25) is 9.78 Å². The van der Waals surface area contributed by atoms with E-state index in [0.717, 1.165) is 29.1 Å². The van der Waals surface area contributed by atoms with Crippen LogP contribution in [-0.2, 0) is 34.7 Å². The maximum atomic E-state index is 13.3. The Morgan fingerprint density at radius 3 is 2.81 bits per heavy atom. The summed E-state index contributed by atoms with van der Waals surface area (Å²) in [7, 11) is 3.97. The predicted molar refractivity (Wildman–Crippen MR) is 113 cm³/mol. The summed E-state index contributed by atoms with van der Waals surface area (Å²) in [6, 6.07) is 3.81. The zero-order valence-corrected chi connectivity index (χ0v) is 18.0. The molecule has 4 heterocycles. The third kappa shape index (κ3) is 2.89. The Kier molecular flexibility index (Phi) is 4.58. The summed E-state index contributed by atoms with van der Waals surface area (Å²) in [5.74, 6) is -0.745. The van der Waals surface area contributed by atoms with E-state index < -0.39 is 17.7 Å². The Balaban J connectivity index is 1.67. The highest BCUT2D eigenvalue weighted by Gasteiger charge is 2.45. The van der Waals surface area contributed by atoms with Crippen molar-refractivity contribution >= 4 is 5.97 Å². The highest BCUT2D eigenvalue weighted by atomic mass is 16.6. The van der Waals surface area contributed by atoms with Crippen LogP contribution in [0.25, 0.3) is 11.4 Å². The molecule has 0 spiro atoms. The van der Waals surface area contributed by atoms with Crippen molar-refractivity contribution in [3.8, 4) is 11.4 Å². The lowest BCUT2D eigenvalue weighted by Gasteiger charge is -2.32. The Hall–Kier alpha value is -2.55. The minimum atomic E-state index is -1.82. The highest BCUT2D eigenvalue weighted by Crippen LogP contribution is 2.40. The first-order valence-electron chi connectivity index (χ1n) is 10.8. The van der Waals surface area contributed by atoms with Crippen LogP contribution in [0.1, 0.15) is 53.6 Å². The van der Waals surface area contributed by atoms with Crippen LogP contribution in [0.5, 0.6) is 0 Å². The lowest BCUT2D eigenvalue weighted by atomic mass is 9.82. The fraction of sp³-hybridized carbons (Fsp3) is 0.522. The van der Waals surface area contributed by atoms with E-state index in [1.54, 1.807) is 17.6 Å². The number of cyclic esters (lactones) is 1. The average Bonchev–Trinajstić information content (AvgIpc) is 3.10. The quantitative estimate of drug-likeness (QED) is 0.600. The molecular weight excluding hydrogens is 398 g/mol. The van der Waals surface area contributed by atoms with Crippen LogP contribution in [0, 0.1) is 0 Å². The zero-order valence-electron chi connectivity index (χ0n) is 18.0. The lowest BCUT2D eigenvalue weighted by Crippen LogP contribution is -2.44. The van der Waals surface area contributed by atoms with Gasteiger partial charge < -0.3 is 24.4 Å². The molecule has 2 N–H and O–H groups in total. The van der Waals surface area contributed by atoms with Crippen molar-refractivity contribution in [3.63, 3.8) is 0 Å². The monoisotopic (exact) mass is 425 g/mol. The summed E-state index contributed by atoms with van der Waals surface area (Å²) in [5, 5.41) is 21.6. The van der Waals surface area contributed by atoms with Crippen molar-refractivity contribution in [2.45, 2.75) is 57.0 Å². The summed E-state index contributed by atoms with van der Waals surface area (Å²) >= 11 is 0. The van der Waals surface area contributed by atoms with Crippen molar-refractivity contribution in [3.05, 3.63) is 50.4 Å². The van der Waals surface area contributed by atoms with Gasteiger partial charge in [0.1, 0.15) is 6.61 Å². The molecule has 2 unspecified atom stereocenters. The molecule has 0 saturated carbocycles. The van der Waals surface area contributed by atoms with E-state index in [0.29, 0.717) is 36.2 Å². The minimum absolute atomic E-state index is 0.0265. The number of fused-ring (bicyclic) bond motifs is 5. The summed E-state index contributed by atoms with van der Waals surface area (Å²) in [5.41, 5.74) is 2.83. The van der Waals surface area contributed by atoms with Crippen LogP contribution in [0.15, 0.2) is 16.9 Å². The second-order valence-electron chi connectivity index (χ2n) is 9.11. The van der Waals surface area contributed by atoms with Gasteiger partial charge in [0.15, 0.2) is 5.60 Å². The van der Waals surface area contributed by atoms with Gasteiger partial charge in [0.25, 0.3) is 5.56 Å². The number of aliphatic hydroxyl groups is 2. The van der Waals surface area contributed by atoms with E-state index in [4.69, 9.17) is 9.72 Å². The number of carbonyl (C=O) groups excluding carboxylic acids is 1. The third-order valence-corrected chi connectivity index (χ3v) is 6.93. The molecule has 0 aromatic carbocycles. The summed E-state index contributed by atoms with van der Waals surface area (Å²) < 4.78 is 6.77. The fourth-order valence-electron chi connectivity index (χ4n) is 5.20. The van der Waals surface area contributed by atoms with Gasteiger partial charge in [0, 0.05) is 29.3 Å². The number of aromatic nitrogens is 2. The Morgan fingerprint density at radius 2 is 2.10 bits per heavy atom. The zero-order chi connectivity index (χ0) is 22.1. The number of carbonyl (C=O) groups is 1. The number of esters is 1. The first-order chi connectivity index (χ1) is 14.7. The van der Waals surface area contributed by atoms with Crippen molar-refractivity contribution in [2.75, 3.05) is 20.6 Å². The first-order valence-corrected chi connectivity index (χ1v) is 10.8. The standard InChI is InChI=1S/C23H27N3O5/c1-4-23(30)16-8-18-20-12(9-26(18)21(28)15(16)11-31-22(23)29)7-13-14(10-25(2)3)19(27)6-5-17(13)24-20/h7-8,14,19,27,30H,4-6,9-11H2,1-3H3/t14?,19?,23-/m0/s1. The number of nitrogens with zero attached hydrogens (tertiary/aromatic N) is 3. The molecule has 31 heavy (non-hydrogen) atoms. The van der Waals surface area contributed by atoms with Crippen molar-refractivity contribution < 1.29 is 19.7 Å². The van der Waals surface area contributed by atoms with Gasteiger partial charge >= 0.3 is 5.97 Å². The van der Waals surface area contributed by atoms with E-state index in [-0.39, 0.29) is 24.5 Å². The molecular formula is C23H27N3O5. The van der Waals surface area contributed by atoms with Crippen molar-refractivity contribution in [2.24, 2.45) is 0 Å². The highest BCUT2D eigenvalue weighted by molar-refractivity contribution is 5.84. The van der Waals surface area contributed by atoms with E-state index in [2.05, 4.69) is 11.0 Å². The molecule has 0 bridgehead atoms. The molecule has 0 radical (unpaired) electrons. The lowest BCUT2D eigenvalue weighted by molar-refractivity contribution is -0.172. The van der Waals surface area contributed by atoms with Crippen LogP contribution in [0.2, 0.25) is 0 Å². The van der Waals surface area contributed by atoms with Crippen LogP contribution < -0.4 is 5.56 Å². The van der Waals surface area contributed by atoms with Crippen molar-refractivity contribution in [1.82, 2.24) is 14.5 Å². The molecule has 5 rings (SSSR count). The number of aryl methyl sites for hydroxylation is 1. The van der Waals surface area contributed by atoms with Gasteiger partial charge in [-0.2, -0.15) is 0 Å². The summed E-state index contributed by atoms with van der Waals surface area (Å²) in [6.07, 6.45) is 1.02. The Bertz CT molecular complexity index is 1150. The van der Waals surface area contributed by atoms with Gasteiger partial charge in [-0.25, -0.2) is 4.79 Å². The number of aliphatic hydroxyl groups excluding tert-OH is 1. The maximum Gasteiger partial charge on any atom is 0.343 e. The van der Waals surface area contributed by atoms with E-state index in [1.165, 1.54) is 0 Å². The normalized spacial score (nSPS) is 26.2. The van der Waals surface area contributed by atoms with Gasteiger partial charge in [0.2, 0.25) is 0 Å². The van der Waals surface area contributed by atoms with Crippen LogP contribution in [-0.4, -0.2) is 57.4 Å². The molecule has 3 aliphatic rings. The minimum Gasteiger partial charge on any atom is -0.458 e. The number of rotatable bonds is 3. The topological polar surface area (TPSA) is 105 Å². The number of hydrogen-bond acceptors (Lipinski definition) is 7. The van der Waals surface area contributed by atoms with Gasteiger partial charge in [-0.1, -0.05) is 6.92 Å². The predicted octanol–water partition coefficient (Wildman–Crippen LogP) is 0.879. The van der Waals surface area contributed by atoms with Crippen LogP contribution in [0.4, 0.5) is 0 Å². The number of hydrogen-bond donors (Lipinski definition) is 2. The molecule has 0 fully saturated rings. The maximum absolute atomic E-state index is 13.3. The largest absolute Gasteiger partial charge is 0.458 e. The molecule has 2 aromatic heterocycles. The molecule has 2 aromatic rings. The second kappa shape index (κ2) is 6.98. The average molecular weight is 425 g/mol. The third-order valence-electron chi connectivity index (χ3n) is 6.93. The molecule has 8 nitrogen and oxygen atoms in total. The smallest absolute Gasteiger partial charge is 0.343 e. The fourth-order valence-corrected chi connectivity index (χ4v) is 5.20. The molecule has 0 saturated heterocycles. The second-order valence-corrected chi connectivity index (χ2v) is 9.11. The van der Waals surface area contributed by atoms with Gasteiger partial charge in [-0.15, -0.1) is 0 Å². The first kappa shape index (κ1) is 20.4. The number of likely N-dealkylation sites (N-methyl/N-ethyl adjacent to an activating group) is 1. The Labute approximate surface area is 180 Å². The van der Waals surface area contributed by atoms with E-state index in [9.17, 15) is 19.8 Å². The summed E-state index contributed by atoms with van der Waals surface area (Å²) in [6.45, 7) is 2.66. The van der Waals surface area contributed by atoms with Gasteiger partial charge in [0.05, 0.1) is 29.6 Å². The molecule has 3 atom stereocenters. The van der Waals surface area contributed by atoms with Crippen molar-refractivity contribution in [1.29, 1.82) is 0 Å². The SMILES string of the molecule is CC[C@@]1(O)C(=O)OCc2c1cc1n(c2=O)Cc2cc3c(nc2-1)CCC(O)C3CN(C)C. The molecule has 8 heteroatoms. The number of pyridine rings is 2.